The molecule has 0 aromatic carbocycles. The van der Waals surface area contributed by atoms with Crippen molar-refractivity contribution in [3.05, 3.63) is 0 Å². The summed E-state index contributed by atoms with van der Waals surface area (Å²) in [6.45, 7) is 1.99. The Hall–Kier alpha value is -1.14. The number of rotatable bonds is 4. The van der Waals surface area contributed by atoms with Crippen molar-refractivity contribution in [2.24, 2.45) is 0 Å². The van der Waals surface area contributed by atoms with Gasteiger partial charge in [-0.1, -0.05) is 0 Å². The molecule has 2 fully saturated rings. The van der Waals surface area contributed by atoms with Gasteiger partial charge in [-0.25, -0.2) is 0 Å². The van der Waals surface area contributed by atoms with Gasteiger partial charge in [-0.05, 0) is 19.3 Å². The first kappa shape index (κ1) is 14.3. The maximum atomic E-state index is 12.3. The Morgan fingerprint density at radius 3 is 2.74 bits per heavy atom. The van der Waals surface area contributed by atoms with E-state index in [4.69, 9.17) is 14.6 Å². The maximum Gasteiger partial charge on any atom is 0.305 e. The lowest BCUT2D eigenvalue weighted by Gasteiger charge is -2.36. The third-order valence-corrected chi connectivity index (χ3v) is 3.63. The van der Waals surface area contributed by atoms with E-state index in [0.29, 0.717) is 26.2 Å². The Morgan fingerprint density at radius 2 is 2.05 bits per heavy atom. The van der Waals surface area contributed by atoms with Crippen molar-refractivity contribution < 1.29 is 24.2 Å². The molecule has 0 aliphatic carbocycles. The molecular formula is C13H21NO5. The lowest BCUT2D eigenvalue weighted by Crippen LogP contribution is -2.50. The molecule has 0 spiro atoms. The van der Waals surface area contributed by atoms with Gasteiger partial charge in [-0.2, -0.15) is 0 Å². The van der Waals surface area contributed by atoms with Crippen LogP contribution in [-0.2, 0) is 19.1 Å². The average molecular weight is 271 g/mol. The van der Waals surface area contributed by atoms with E-state index in [2.05, 4.69) is 0 Å². The van der Waals surface area contributed by atoms with E-state index in [1.54, 1.807) is 4.90 Å². The number of hydrogen-bond donors (Lipinski definition) is 1. The highest BCUT2D eigenvalue weighted by Gasteiger charge is 2.30. The summed E-state index contributed by atoms with van der Waals surface area (Å²) in [5.41, 5.74) is 0. The van der Waals surface area contributed by atoms with Gasteiger partial charge >= 0.3 is 5.97 Å². The van der Waals surface area contributed by atoms with Gasteiger partial charge in [0.05, 0.1) is 38.2 Å². The standard InChI is InChI=1S/C13H21NO5/c15-12(8-11-3-1-2-5-19-11)14-4-6-18-9-10(14)7-13(16)17/h10-11H,1-9H2,(H,16,17). The zero-order valence-electron chi connectivity index (χ0n) is 11.0. The molecule has 0 aromatic rings. The van der Waals surface area contributed by atoms with Crippen molar-refractivity contribution in [2.75, 3.05) is 26.4 Å². The van der Waals surface area contributed by atoms with Gasteiger partial charge in [0.1, 0.15) is 0 Å². The molecule has 1 amide bonds. The molecule has 2 saturated heterocycles. The Bertz CT molecular complexity index is 327. The van der Waals surface area contributed by atoms with Crippen LogP contribution in [0.4, 0.5) is 0 Å². The van der Waals surface area contributed by atoms with Crippen LogP contribution in [0.5, 0.6) is 0 Å². The lowest BCUT2D eigenvalue weighted by atomic mass is 10.0. The summed E-state index contributed by atoms with van der Waals surface area (Å²) >= 11 is 0. The molecule has 0 radical (unpaired) electrons. The van der Waals surface area contributed by atoms with E-state index in [1.807, 2.05) is 0 Å². The number of carbonyl (C=O) groups is 2. The molecule has 2 rings (SSSR count). The first-order chi connectivity index (χ1) is 9.16. The quantitative estimate of drug-likeness (QED) is 0.812. The van der Waals surface area contributed by atoms with Crippen molar-refractivity contribution >= 4 is 11.9 Å². The smallest absolute Gasteiger partial charge is 0.305 e. The molecule has 1 N–H and O–H groups in total. The van der Waals surface area contributed by atoms with Crippen LogP contribution in [0.15, 0.2) is 0 Å². The Labute approximate surface area is 112 Å². The van der Waals surface area contributed by atoms with Crippen molar-refractivity contribution in [1.29, 1.82) is 0 Å². The van der Waals surface area contributed by atoms with E-state index in [1.165, 1.54) is 0 Å². The number of morpholine rings is 1. The fourth-order valence-corrected chi connectivity index (χ4v) is 2.63. The van der Waals surface area contributed by atoms with Gasteiger partial charge in [-0.15, -0.1) is 0 Å². The highest BCUT2D eigenvalue weighted by molar-refractivity contribution is 5.78. The van der Waals surface area contributed by atoms with E-state index in [9.17, 15) is 9.59 Å². The topological polar surface area (TPSA) is 76.1 Å². The number of amides is 1. The maximum absolute atomic E-state index is 12.3. The highest BCUT2D eigenvalue weighted by atomic mass is 16.5. The van der Waals surface area contributed by atoms with Gasteiger partial charge < -0.3 is 19.5 Å². The van der Waals surface area contributed by atoms with Crippen LogP contribution in [0.3, 0.4) is 0 Å². The SMILES string of the molecule is O=C(O)CC1COCCN1C(=O)CC1CCCCO1. The third-order valence-electron chi connectivity index (χ3n) is 3.63. The normalized spacial score (nSPS) is 28.1. The zero-order chi connectivity index (χ0) is 13.7. The van der Waals surface area contributed by atoms with Gasteiger partial charge in [0.25, 0.3) is 0 Å². The Kier molecular flexibility index (Phi) is 5.15. The fourth-order valence-electron chi connectivity index (χ4n) is 2.63. The molecule has 0 bridgehead atoms. The number of aliphatic carboxylic acids is 1. The second-order valence-corrected chi connectivity index (χ2v) is 5.11. The summed E-state index contributed by atoms with van der Waals surface area (Å²) in [6.07, 6.45) is 3.37. The van der Waals surface area contributed by atoms with Gasteiger partial charge in [0.2, 0.25) is 5.91 Å². The third kappa shape index (κ3) is 4.18. The molecule has 0 saturated carbocycles. The summed E-state index contributed by atoms with van der Waals surface area (Å²) in [4.78, 5) is 24.7. The van der Waals surface area contributed by atoms with Crippen molar-refractivity contribution in [1.82, 2.24) is 4.90 Å². The van der Waals surface area contributed by atoms with Crippen LogP contribution < -0.4 is 0 Å². The van der Waals surface area contributed by atoms with Crippen LogP contribution in [0.2, 0.25) is 0 Å². The van der Waals surface area contributed by atoms with E-state index in [0.717, 1.165) is 25.9 Å². The summed E-state index contributed by atoms with van der Waals surface area (Å²) in [7, 11) is 0. The molecular weight excluding hydrogens is 250 g/mol. The minimum Gasteiger partial charge on any atom is -0.481 e. The highest BCUT2D eigenvalue weighted by Crippen LogP contribution is 2.19. The Balaban J connectivity index is 1.88. The number of carbonyl (C=O) groups excluding carboxylic acids is 1. The van der Waals surface area contributed by atoms with Gasteiger partial charge in [0.15, 0.2) is 0 Å². The first-order valence-electron chi connectivity index (χ1n) is 6.87. The average Bonchev–Trinajstić information content (AvgIpc) is 2.39. The fraction of sp³-hybridized carbons (Fsp3) is 0.846. The van der Waals surface area contributed by atoms with Gasteiger partial charge in [0, 0.05) is 13.2 Å². The van der Waals surface area contributed by atoms with Crippen molar-refractivity contribution in [2.45, 2.75) is 44.2 Å². The lowest BCUT2D eigenvalue weighted by molar-refractivity contribution is -0.148. The monoisotopic (exact) mass is 271 g/mol. The van der Waals surface area contributed by atoms with Crippen LogP contribution in [-0.4, -0.2) is 60.4 Å². The van der Waals surface area contributed by atoms with E-state index >= 15 is 0 Å². The molecule has 2 aliphatic rings. The second-order valence-electron chi connectivity index (χ2n) is 5.11. The van der Waals surface area contributed by atoms with Crippen LogP contribution in [0, 0.1) is 0 Å². The summed E-state index contributed by atoms with van der Waals surface area (Å²) < 4.78 is 10.8. The molecule has 108 valence electrons. The Morgan fingerprint density at radius 1 is 1.21 bits per heavy atom. The van der Waals surface area contributed by atoms with Gasteiger partial charge in [-0.3, -0.25) is 9.59 Å². The molecule has 2 atom stereocenters. The molecule has 0 aromatic heterocycles. The van der Waals surface area contributed by atoms with E-state index in [-0.39, 0.29) is 24.5 Å². The number of ether oxygens (including phenoxy) is 2. The van der Waals surface area contributed by atoms with Crippen LogP contribution >= 0.6 is 0 Å². The number of carboxylic acid groups (broad SMARTS) is 1. The largest absolute Gasteiger partial charge is 0.481 e. The van der Waals surface area contributed by atoms with Crippen LogP contribution in [0.25, 0.3) is 0 Å². The first-order valence-corrected chi connectivity index (χ1v) is 6.87. The summed E-state index contributed by atoms with van der Waals surface area (Å²) in [6, 6.07) is -0.345. The molecule has 2 aliphatic heterocycles. The number of nitrogens with zero attached hydrogens (tertiary/aromatic N) is 1. The predicted molar refractivity (Wildman–Crippen MR) is 66.8 cm³/mol. The molecule has 2 heterocycles. The summed E-state index contributed by atoms with van der Waals surface area (Å²) in [5.74, 6) is -0.913. The molecule has 6 heteroatoms. The predicted octanol–water partition coefficient (Wildman–Crippen LogP) is 0.648. The summed E-state index contributed by atoms with van der Waals surface area (Å²) in [5, 5.41) is 8.87. The molecule has 2 unspecified atom stereocenters. The van der Waals surface area contributed by atoms with E-state index < -0.39 is 5.97 Å². The van der Waals surface area contributed by atoms with Crippen molar-refractivity contribution in [3.63, 3.8) is 0 Å². The van der Waals surface area contributed by atoms with Crippen molar-refractivity contribution in [3.8, 4) is 0 Å². The zero-order valence-corrected chi connectivity index (χ0v) is 11.0. The molecule has 19 heavy (non-hydrogen) atoms. The minimum atomic E-state index is -0.901. The minimum absolute atomic E-state index is 0.00503. The van der Waals surface area contributed by atoms with Crippen LogP contribution in [0.1, 0.15) is 32.1 Å². The number of carboxylic acids is 1. The molecule has 6 nitrogen and oxygen atoms in total. The number of hydrogen-bond acceptors (Lipinski definition) is 4. The second kappa shape index (κ2) is 6.86.